The van der Waals surface area contributed by atoms with Gasteiger partial charge in [-0.1, -0.05) is 19.1 Å². The molecule has 1 aromatic heterocycles. The molecular formula is C17H26ClN3. The van der Waals surface area contributed by atoms with Crippen LogP contribution in [0.4, 0.5) is 0 Å². The molecule has 0 fully saturated rings. The van der Waals surface area contributed by atoms with Gasteiger partial charge in [-0.3, -0.25) is 0 Å². The number of benzene rings is 1. The molecule has 0 spiro atoms. The molecule has 0 aliphatic carbocycles. The summed E-state index contributed by atoms with van der Waals surface area (Å²) in [5.41, 5.74) is 3.63. The van der Waals surface area contributed by atoms with Crippen LogP contribution < -0.4 is 0 Å². The highest BCUT2D eigenvalue weighted by atomic mass is 35.5. The highest BCUT2D eigenvalue weighted by Crippen LogP contribution is 2.21. The van der Waals surface area contributed by atoms with E-state index in [0.29, 0.717) is 11.9 Å². The summed E-state index contributed by atoms with van der Waals surface area (Å²) in [7, 11) is 2.20. The van der Waals surface area contributed by atoms with E-state index in [1.807, 2.05) is 0 Å². The number of fused-ring (bicyclic) bond motifs is 1. The van der Waals surface area contributed by atoms with E-state index >= 15 is 0 Å². The number of rotatable bonds is 7. The minimum absolute atomic E-state index is 0.609. The van der Waals surface area contributed by atoms with Gasteiger partial charge in [0.15, 0.2) is 0 Å². The van der Waals surface area contributed by atoms with Crippen LogP contribution in [0.1, 0.15) is 31.7 Å². The first-order valence-electron chi connectivity index (χ1n) is 7.79. The van der Waals surface area contributed by atoms with Crippen molar-refractivity contribution in [1.82, 2.24) is 14.5 Å². The van der Waals surface area contributed by atoms with Gasteiger partial charge in [0.25, 0.3) is 0 Å². The Bertz CT molecular complexity index is 591. The third-order valence-electron chi connectivity index (χ3n) is 4.39. The molecule has 1 unspecified atom stereocenters. The summed E-state index contributed by atoms with van der Waals surface area (Å²) >= 11 is 5.95. The van der Waals surface area contributed by atoms with E-state index in [1.54, 1.807) is 0 Å². The summed E-state index contributed by atoms with van der Waals surface area (Å²) in [5, 5.41) is 0. The van der Waals surface area contributed by atoms with Crippen LogP contribution in [0, 0.1) is 6.92 Å². The quantitative estimate of drug-likeness (QED) is 0.724. The third kappa shape index (κ3) is 3.58. The van der Waals surface area contributed by atoms with Gasteiger partial charge in [-0.15, -0.1) is 11.6 Å². The number of likely N-dealkylation sites (N-methyl/N-ethyl adjacent to an activating group) is 1. The molecule has 0 saturated carbocycles. The van der Waals surface area contributed by atoms with Crippen molar-refractivity contribution >= 4 is 22.6 Å². The predicted molar refractivity (Wildman–Crippen MR) is 91.3 cm³/mol. The maximum atomic E-state index is 5.95. The minimum atomic E-state index is 0.609. The Morgan fingerprint density at radius 1 is 1.38 bits per heavy atom. The van der Waals surface area contributed by atoms with Gasteiger partial charge in [0, 0.05) is 31.4 Å². The van der Waals surface area contributed by atoms with Crippen LogP contribution in [0.3, 0.4) is 0 Å². The van der Waals surface area contributed by atoms with E-state index in [4.69, 9.17) is 16.6 Å². The Morgan fingerprint density at radius 2 is 2.14 bits per heavy atom. The lowest BCUT2D eigenvalue weighted by Crippen LogP contribution is -2.31. The standard InChI is InChI=1S/C17H26ClN3/c1-5-14(3)20(4)11-12-21-16(9-10-18)19-15-8-6-7-13(2)17(15)21/h6-8,14H,5,9-12H2,1-4H3. The second-order valence-corrected chi connectivity index (χ2v) is 6.18. The van der Waals surface area contributed by atoms with Crippen molar-refractivity contribution < 1.29 is 0 Å². The zero-order valence-electron chi connectivity index (χ0n) is 13.6. The molecule has 1 aromatic carbocycles. The Kier molecular flexibility index (Phi) is 5.65. The van der Waals surface area contributed by atoms with Crippen molar-refractivity contribution in [2.75, 3.05) is 19.5 Å². The number of aromatic nitrogens is 2. The second-order valence-electron chi connectivity index (χ2n) is 5.80. The second kappa shape index (κ2) is 7.28. The van der Waals surface area contributed by atoms with Crippen LogP contribution in [0.15, 0.2) is 18.2 Å². The van der Waals surface area contributed by atoms with Crippen LogP contribution >= 0.6 is 11.6 Å². The molecule has 0 amide bonds. The maximum Gasteiger partial charge on any atom is 0.111 e. The Balaban J connectivity index is 2.30. The van der Waals surface area contributed by atoms with Gasteiger partial charge < -0.3 is 9.47 Å². The van der Waals surface area contributed by atoms with E-state index in [1.165, 1.54) is 17.5 Å². The molecule has 0 N–H and O–H groups in total. The lowest BCUT2D eigenvalue weighted by Gasteiger charge is -2.24. The fourth-order valence-electron chi connectivity index (χ4n) is 2.72. The highest BCUT2D eigenvalue weighted by molar-refractivity contribution is 6.17. The van der Waals surface area contributed by atoms with E-state index in [2.05, 4.69) is 55.5 Å². The minimum Gasteiger partial charge on any atom is -0.326 e. The molecule has 21 heavy (non-hydrogen) atoms. The van der Waals surface area contributed by atoms with Crippen LogP contribution in [-0.2, 0) is 13.0 Å². The molecule has 3 nitrogen and oxygen atoms in total. The van der Waals surface area contributed by atoms with Crippen LogP contribution in [0.25, 0.3) is 11.0 Å². The first-order valence-corrected chi connectivity index (χ1v) is 8.32. The van der Waals surface area contributed by atoms with Crippen LogP contribution in [-0.4, -0.2) is 40.0 Å². The largest absolute Gasteiger partial charge is 0.326 e. The molecule has 1 atom stereocenters. The molecule has 0 saturated heterocycles. The number of alkyl halides is 1. The van der Waals surface area contributed by atoms with Gasteiger partial charge in [-0.05, 0) is 38.9 Å². The summed E-state index contributed by atoms with van der Waals surface area (Å²) in [6.07, 6.45) is 2.00. The third-order valence-corrected chi connectivity index (χ3v) is 4.57. The number of hydrogen-bond donors (Lipinski definition) is 0. The van der Waals surface area contributed by atoms with Crippen molar-refractivity contribution in [2.24, 2.45) is 0 Å². The van der Waals surface area contributed by atoms with Crippen molar-refractivity contribution in [3.8, 4) is 0 Å². The Hall–Kier alpha value is -1.06. The van der Waals surface area contributed by atoms with Crippen LogP contribution in [0.5, 0.6) is 0 Å². The fraction of sp³-hybridized carbons (Fsp3) is 0.588. The number of imidazole rings is 1. The summed E-state index contributed by atoms with van der Waals surface area (Å²) in [4.78, 5) is 7.18. The Labute approximate surface area is 132 Å². The van der Waals surface area contributed by atoms with E-state index in [9.17, 15) is 0 Å². The summed E-state index contributed by atoms with van der Waals surface area (Å²) < 4.78 is 2.35. The fourth-order valence-corrected chi connectivity index (χ4v) is 2.89. The van der Waals surface area contributed by atoms with Crippen LogP contribution in [0.2, 0.25) is 0 Å². The number of hydrogen-bond acceptors (Lipinski definition) is 2. The monoisotopic (exact) mass is 307 g/mol. The van der Waals surface area contributed by atoms with Crippen molar-refractivity contribution in [3.63, 3.8) is 0 Å². The SMILES string of the molecule is CCC(C)N(C)CCn1c(CCCl)nc2cccc(C)c21. The van der Waals surface area contributed by atoms with Crippen molar-refractivity contribution in [3.05, 3.63) is 29.6 Å². The predicted octanol–water partition coefficient (Wildman–Crippen LogP) is 3.86. The number of halogens is 1. The molecule has 4 heteroatoms. The normalized spacial score (nSPS) is 13.2. The molecule has 0 radical (unpaired) electrons. The van der Waals surface area contributed by atoms with Crippen molar-refractivity contribution in [2.45, 2.75) is 46.2 Å². The molecular weight excluding hydrogens is 282 g/mol. The van der Waals surface area contributed by atoms with Crippen molar-refractivity contribution in [1.29, 1.82) is 0 Å². The number of nitrogens with zero attached hydrogens (tertiary/aromatic N) is 3. The highest BCUT2D eigenvalue weighted by Gasteiger charge is 2.13. The average molecular weight is 308 g/mol. The zero-order valence-corrected chi connectivity index (χ0v) is 14.3. The molecule has 1 heterocycles. The molecule has 116 valence electrons. The van der Waals surface area contributed by atoms with Gasteiger partial charge in [-0.2, -0.15) is 0 Å². The molecule has 2 rings (SSSR count). The topological polar surface area (TPSA) is 21.1 Å². The summed E-state index contributed by atoms with van der Waals surface area (Å²) in [5.74, 6) is 1.72. The average Bonchev–Trinajstić information content (AvgIpc) is 2.83. The van der Waals surface area contributed by atoms with E-state index in [-0.39, 0.29) is 0 Å². The van der Waals surface area contributed by atoms with Gasteiger partial charge in [0.05, 0.1) is 11.0 Å². The molecule has 0 aliphatic rings. The van der Waals surface area contributed by atoms with Gasteiger partial charge in [0.1, 0.15) is 5.82 Å². The lowest BCUT2D eigenvalue weighted by molar-refractivity contribution is 0.242. The summed E-state index contributed by atoms with van der Waals surface area (Å²) in [6, 6.07) is 6.93. The maximum absolute atomic E-state index is 5.95. The first kappa shape index (κ1) is 16.3. The molecule has 0 aliphatic heterocycles. The van der Waals surface area contributed by atoms with Gasteiger partial charge in [-0.25, -0.2) is 4.98 Å². The van der Waals surface area contributed by atoms with E-state index < -0.39 is 0 Å². The van der Waals surface area contributed by atoms with E-state index in [0.717, 1.165) is 30.9 Å². The summed E-state index contributed by atoms with van der Waals surface area (Å²) in [6.45, 7) is 8.66. The number of aryl methyl sites for hydroxylation is 2. The number of para-hydroxylation sites is 1. The lowest BCUT2D eigenvalue weighted by atomic mass is 10.2. The first-order chi connectivity index (χ1) is 10.1. The smallest absolute Gasteiger partial charge is 0.111 e. The molecule has 0 bridgehead atoms. The van der Waals surface area contributed by atoms with Gasteiger partial charge in [0.2, 0.25) is 0 Å². The Morgan fingerprint density at radius 3 is 2.81 bits per heavy atom. The zero-order chi connectivity index (χ0) is 15.4. The molecule has 2 aromatic rings. The van der Waals surface area contributed by atoms with Gasteiger partial charge >= 0.3 is 0 Å².